The Morgan fingerprint density at radius 1 is 0.722 bits per heavy atom. The lowest BCUT2D eigenvalue weighted by atomic mass is 9.69. The molecule has 0 heterocycles. The number of benzene rings is 2. The molecule has 2 aliphatic rings. The van der Waals surface area contributed by atoms with Crippen LogP contribution in [0.2, 0.25) is 0 Å². The summed E-state index contributed by atoms with van der Waals surface area (Å²) in [6, 6.07) is 13.7. The van der Waals surface area contributed by atoms with E-state index in [2.05, 4.69) is 6.92 Å². The average Bonchev–Trinajstić information content (AvgIpc) is 2.95. The molecule has 36 heavy (non-hydrogen) atoms. The van der Waals surface area contributed by atoms with Gasteiger partial charge in [-0.25, -0.2) is 0 Å². The zero-order chi connectivity index (χ0) is 26.3. The van der Waals surface area contributed by atoms with E-state index in [1.54, 1.807) is 43.5 Å². The fourth-order valence-electron chi connectivity index (χ4n) is 5.08. The molecule has 2 aromatic rings. The maximum atomic E-state index is 12.4. The van der Waals surface area contributed by atoms with Crippen LogP contribution >= 0.6 is 0 Å². The van der Waals surface area contributed by atoms with Gasteiger partial charge in [0, 0.05) is 18.2 Å². The molecule has 6 heteroatoms. The largest absolute Gasteiger partial charge is 0.497 e. The highest BCUT2D eigenvalue weighted by Gasteiger charge is 2.33. The fraction of sp³-hybridized carbons (Fsp3) is 0.500. The van der Waals surface area contributed by atoms with Gasteiger partial charge in [-0.2, -0.15) is 0 Å². The second kappa shape index (κ2) is 15.9. The Morgan fingerprint density at radius 2 is 1.14 bits per heavy atom. The summed E-state index contributed by atoms with van der Waals surface area (Å²) in [4.78, 5) is 32.6. The van der Waals surface area contributed by atoms with E-state index in [9.17, 15) is 14.4 Å². The first-order valence-corrected chi connectivity index (χ1v) is 12.8. The maximum Gasteiger partial charge on any atom is 0.314 e. The Bertz CT molecular complexity index is 878. The van der Waals surface area contributed by atoms with Crippen molar-refractivity contribution in [2.75, 3.05) is 14.2 Å². The molecule has 1 N–H and O–H groups in total. The summed E-state index contributed by atoms with van der Waals surface area (Å²) in [6.45, 7) is 2.38. The van der Waals surface area contributed by atoms with Gasteiger partial charge in [0.1, 0.15) is 24.1 Å². The van der Waals surface area contributed by atoms with Crippen molar-refractivity contribution in [3.63, 3.8) is 0 Å². The highest BCUT2D eigenvalue weighted by Crippen LogP contribution is 2.41. The average molecular weight is 497 g/mol. The van der Waals surface area contributed by atoms with Gasteiger partial charge in [0.15, 0.2) is 0 Å². The highest BCUT2D eigenvalue weighted by atomic mass is 16.5. The number of rotatable bonds is 6. The molecule has 0 bridgehead atoms. The van der Waals surface area contributed by atoms with Crippen LogP contribution in [-0.4, -0.2) is 37.9 Å². The van der Waals surface area contributed by atoms with Gasteiger partial charge in [0.2, 0.25) is 0 Å². The molecular weight excluding hydrogens is 456 g/mol. The second-order valence-electron chi connectivity index (χ2n) is 9.63. The van der Waals surface area contributed by atoms with Crippen LogP contribution in [0.3, 0.4) is 0 Å². The topological polar surface area (TPSA) is 89.9 Å². The first-order chi connectivity index (χ1) is 17.5. The molecular formula is C30H40O6. The van der Waals surface area contributed by atoms with Crippen molar-refractivity contribution in [1.82, 2.24) is 0 Å². The van der Waals surface area contributed by atoms with Crippen molar-refractivity contribution >= 4 is 18.5 Å². The molecule has 4 rings (SSSR count). The van der Waals surface area contributed by atoms with E-state index in [0.717, 1.165) is 56.0 Å². The van der Waals surface area contributed by atoms with Crippen molar-refractivity contribution in [2.24, 2.45) is 23.7 Å². The summed E-state index contributed by atoms with van der Waals surface area (Å²) >= 11 is 0. The second-order valence-corrected chi connectivity index (χ2v) is 9.63. The number of ether oxygens (including phenoxy) is 2. The SMILES string of the molecule is CO.COc1ccc(OC(=O)C2CCC(C3CCC(C)CC3)CC2)cc1.O=Cc1ccc(C=O)cc1. The standard InChI is InChI=1S/C21H30O3.C8H6O2.CH4O/c1-15-3-5-16(6-4-15)17-7-9-18(10-8-17)21(22)24-20-13-11-19(23-2)12-14-20;9-5-7-1-2-8(6-10)4-3-7;1-2/h11-18H,3-10H2,1-2H3;1-6H;2H,1H3. The summed E-state index contributed by atoms with van der Waals surface area (Å²) in [6.07, 6.45) is 11.4. The van der Waals surface area contributed by atoms with Crippen LogP contribution in [0.1, 0.15) is 79.0 Å². The summed E-state index contributed by atoms with van der Waals surface area (Å²) in [5.74, 6) is 4.06. The lowest BCUT2D eigenvalue weighted by Gasteiger charge is -2.36. The number of aliphatic hydroxyl groups is 1. The smallest absolute Gasteiger partial charge is 0.314 e. The Kier molecular flexibility index (Phi) is 12.9. The summed E-state index contributed by atoms with van der Waals surface area (Å²) in [5, 5.41) is 7.00. The van der Waals surface area contributed by atoms with E-state index in [1.165, 1.54) is 38.5 Å². The van der Waals surface area contributed by atoms with Gasteiger partial charge in [0.25, 0.3) is 0 Å². The predicted molar refractivity (Wildman–Crippen MR) is 141 cm³/mol. The molecule has 2 fully saturated rings. The lowest BCUT2D eigenvalue weighted by Crippen LogP contribution is -2.29. The Morgan fingerprint density at radius 3 is 1.56 bits per heavy atom. The molecule has 0 atom stereocenters. The molecule has 0 spiro atoms. The van der Waals surface area contributed by atoms with Crippen molar-refractivity contribution in [2.45, 2.75) is 58.3 Å². The Hall–Kier alpha value is -2.99. The summed E-state index contributed by atoms with van der Waals surface area (Å²) < 4.78 is 10.7. The van der Waals surface area contributed by atoms with Crippen LogP contribution in [0, 0.1) is 23.7 Å². The zero-order valence-corrected chi connectivity index (χ0v) is 21.7. The van der Waals surface area contributed by atoms with Gasteiger partial charge < -0.3 is 14.6 Å². The molecule has 2 aromatic carbocycles. The van der Waals surface area contributed by atoms with E-state index >= 15 is 0 Å². The lowest BCUT2D eigenvalue weighted by molar-refractivity contribution is -0.140. The monoisotopic (exact) mass is 496 g/mol. The predicted octanol–water partition coefficient (Wildman–Crippen LogP) is 6.15. The third-order valence-electron chi connectivity index (χ3n) is 7.32. The normalized spacial score (nSPS) is 23.0. The van der Waals surface area contributed by atoms with Gasteiger partial charge in [-0.05, 0) is 80.5 Å². The molecule has 0 aromatic heterocycles. The molecule has 2 saturated carbocycles. The third-order valence-corrected chi connectivity index (χ3v) is 7.32. The minimum Gasteiger partial charge on any atom is -0.497 e. The van der Waals surface area contributed by atoms with Crippen LogP contribution in [0.15, 0.2) is 48.5 Å². The number of carbonyl (C=O) groups excluding carboxylic acids is 3. The zero-order valence-electron chi connectivity index (χ0n) is 21.7. The number of methoxy groups -OCH3 is 1. The first-order valence-electron chi connectivity index (χ1n) is 12.8. The summed E-state index contributed by atoms with van der Waals surface area (Å²) in [7, 11) is 2.63. The van der Waals surface area contributed by atoms with Crippen LogP contribution in [0.5, 0.6) is 11.5 Å². The third kappa shape index (κ3) is 9.23. The van der Waals surface area contributed by atoms with Crippen molar-refractivity contribution in [1.29, 1.82) is 0 Å². The van der Waals surface area contributed by atoms with Crippen molar-refractivity contribution < 1.29 is 29.0 Å². The van der Waals surface area contributed by atoms with Gasteiger partial charge in [-0.1, -0.05) is 44.0 Å². The van der Waals surface area contributed by atoms with Gasteiger partial charge in [-0.3, -0.25) is 14.4 Å². The molecule has 0 saturated heterocycles. The van der Waals surface area contributed by atoms with Crippen molar-refractivity contribution in [3.05, 3.63) is 59.7 Å². The van der Waals surface area contributed by atoms with E-state index in [1.807, 2.05) is 12.1 Å². The van der Waals surface area contributed by atoms with Gasteiger partial charge in [0.05, 0.1) is 13.0 Å². The quantitative estimate of drug-likeness (QED) is 0.293. The summed E-state index contributed by atoms with van der Waals surface area (Å²) in [5.41, 5.74) is 1.18. The molecule has 0 amide bonds. The number of carbonyl (C=O) groups is 3. The van der Waals surface area contributed by atoms with Crippen LogP contribution in [0.25, 0.3) is 0 Å². The first kappa shape index (κ1) is 29.2. The Balaban J connectivity index is 0.000000318. The van der Waals surface area contributed by atoms with E-state index in [0.29, 0.717) is 16.9 Å². The van der Waals surface area contributed by atoms with Gasteiger partial charge >= 0.3 is 5.97 Å². The molecule has 6 nitrogen and oxygen atoms in total. The van der Waals surface area contributed by atoms with E-state index < -0.39 is 0 Å². The number of aldehydes is 2. The molecule has 0 aliphatic heterocycles. The maximum absolute atomic E-state index is 12.4. The number of hydrogen-bond acceptors (Lipinski definition) is 6. The number of aliphatic hydroxyl groups excluding tert-OH is 1. The van der Waals surface area contributed by atoms with Gasteiger partial charge in [-0.15, -0.1) is 0 Å². The number of hydrogen-bond donors (Lipinski definition) is 1. The molecule has 0 unspecified atom stereocenters. The van der Waals surface area contributed by atoms with Crippen LogP contribution in [0.4, 0.5) is 0 Å². The highest BCUT2D eigenvalue weighted by molar-refractivity contribution is 5.79. The minimum absolute atomic E-state index is 0.0594. The fourth-order valence-corrected chi connectivity index (χ4v) is 5.08. The van der Waals surface area contributed by atoms with Crippen LogP contribution in [-0.2, 0) is 4.79 Å². The minimum atomic E-state index is -0.0594. The molecule has 196 valence electrons. The molecule has 2 aliphatic carbocycles. The van der Waals surface area contributed by atoms with Crippen LogP contribution < -0.4 is 9.47 Å². The van der Waals surface area contributed by atoms with E-state index in [4.69, 9.17) is 14.6 Å². The molecule has 0 radical (unpaired) electrons. The van der Waals surface area contributed by atoms with Crippen molar-refractivity contribution in [3.8, 4) is 11.5 Å². The number of esters is 1. The van der Waals surface area contributed by atoms with E-state index in [-0.39, 0.29) is 11.9 Å². The Labute approximate surface area is 215 Å².